The average molecular weight is 270 g/mol. The fraction of sp³-hybridized carbons (Fsp3) is 0.500. The third kappa shape index (κ3) is 1.58. The van der Waals surface area contributed by atoms with Gasteiger partial charge in [0, 0.05) is 12.0 Å². The van der Waals surface area contributed by atoms with Crippen LogP contribution in [0.2, 0.25) is 0 Å². The van der Waals surface area contributed by atoms with Crippen LogP contribution in [0.5, 0.6) is 5.75 Å². The first kappa shape index (κ1) is 11.0. The van der Waals surface area contributed by atoms with E-state index in [1.165, 1.54) is 5.56 Å². The van der Waals surface area contributed by atoms with Crippen LogP contribution in [0, 0.1) is 5.41 Å². The molecule has 0 unspecified atom stereocenters. The van der Waals surface area contributed by atoms with Crippen molar-refractivity contribution in [2.24, 2.45) is 11.1 Å². The predicted molar refractivity (Wildman–Crippen MR) is 65.2 cm³/mol. The van der Waals surface area contributed by atoms with E-state index in [0.29, 0.717) is 5.92 Å². The second-order valence-electron chi connectivity index (χ2n) is 4.69. The largest absolute Gasteiger partial charge is 0.496 e. The molecule has 1 aromatic rings. The first-order chi connectivity index (χ1) is 7.00. The van der Waals surface area contributed by atoms with Gasteiger partial charge >= 0.3 is 0 Å². The van der Waals surface area contributed by atoms with Crippen molar-refractivity contribution in [3.05, 3.63) is 28.2 Å². The van der Waals surface area contributed by atoms with Crippen molar-refractivity contribution < 1.29 is 4.74 Å². The van der Waals surface area contributed by atoms with Gasteiger partial charge in [0.2, 0.25) is 0 Å². The number of methoxy groups -OCH3 is 1. The maximum atomic E-state index is 6.08. The van der Waals surface area contributed by atoms with Gasteiger partial charge in [0.05, 0.1) is 11.6 Å². The number of rotatable bonds is 2. The number of hydrogen-bond donors (Lipinski definition) is 1. The van der Waals surface area contributed by atoms with Crippen LogP contribution in [0.1, 0.15) is 25.3 Å². The molecule has 2 N–H and O–H groups in total. The molecule has 1 aromatic carbocycles. The van der Waals surface area contributed by atoms with E-state index in [1.807, 2.05) is 12.1 Å². The lowest BCUT2D eigenvalue weighted by molar-refractivity contribution is 0.411. The lowest BCUT2D eigenvalue weighted by Crippen LogP contribution is -2.06. The van der Waals surface area contributed by atoms with Crippen LogP contribution in [-0.2, 0) is 0 Å². The van der Waals surface area contributed by atoms with E-state index < -0.39 is 0 Å². The second-order valence-corrected chi connectivity index (χ2v) is 5.48. The molecule has 2 nitrogen and oxygen atoms in total. The monoisotopic (exact) mass is 269 g/mol. The molecule has 0 bridgehead atoms. The van der Waals surface area contributed by atoms with Gasteiger partial charge in [0.25, 0.3) is 0 Å². The van der Waals surface area contributed by atoms with Gasteiger partial charge in [-0.15, -0.1) is 0 Å². The normalized spacial score (nSPS) is 27.5. The maximum Gasteiger partial charge on any atom is 0.133 e. The summed E-state index contributed by atoms with van der Waals surface area (Å²) in [5, 5.41) is 0. The van der Waals surface area contributed by atoms with Crippen LogP contribution >= 0.6 is 15.9 Å². The minimum atomic E-state index is 0.203. The topological polar surface area (TPSA) is 35.2 Å². The van der Waals surface area contributed by atoms with Crippen LogP contribution in [-0.4, -0.2) is 13.2 Å². The van der Waals surface area contributed by atoms with E-state index in [9.17, 15) is 0 Å². The van der Waals surface area contributed by atoms with Gasteiger partial charge < -0.3 is 10.5 Å². The molecule has 0 saturated heterocycles. The fourth-order valence-corrected chi connectivity index (χ4v) is 2.87. The molecule has 0 heterocycles. The third-order valence-electron chi connectivity index (χ3n) is 3.46. The van der Waals surface area contributed by atoms with Crippen LogP contribution in [0.25, 0.3) is 0 Å². The first-order valence-corrected chi connectivity index (χ1v) is 5.87. The van der Waals surface area contributed by atoms with E-state index in [-0.39, 0.29) is 11.5 Å². The molecule has 1 fully saturated rings. The van der Waals surface area contributed by atoms with Crippen molar-refractivity contribution >= 4 is 15.9 Å². The molecule has 1 aliphatic rings. The zero-order valence-corrected chi connectivity index (χ0v) is 10.8. The highest BCUT2D eigenvalue weighted by Gasteiger charge is 2.56. The minimum absolute atomic E-state index is 0.203. The van der Waals surface area contributed by atoms with Gasteiger partial charge in [-0.2, -0.15) is 0 Å². The molecule has 1 saturated carbocycles. The zero-order valence-electron chi connectivity index (χ0n) is 9.25. The van der Waals surface area contributed by atoms with Gasteiger partial charge in [-0.3, -0.25) is 0 Å². The Hall–Kier alpha value is -0.540. The van der Waals surface area contributed by atoms with Crippen molar-refractivity contribution in [3.8, 4) is 5.75 Å². The molecule has 2 rings (SSSR count). The van der Waals surface area contributed by atoms with Crippen LogP contribution in [0.3, 0.4) is 0 Å². The number of benzene rings is 1. The smallest absolute Gasteiger partial charge is 0.133 e. The summed E-state index contributed by atoms with van der Waals surface area (Å²) >= 11 is 3.58. The number of ether oxygens (including phenoxy) is 1. The lowest BCUT2D eigenvalue weighted by atomic mass is 10.0. The lowest BCUT2D eigenvalue weighted by Gasteiger charge is -2.09. The van der Waals surface area contributed by atoms with Crippen molar-refractivity contribution in [1.82, 2.24) is 0 Å². The molecule has 0 aromatic heterocycles. The quantitative estimate of drug-likeness (QED) is 0.896. The fourth-order valence-electron chi connectivity index (χ4n) is 2.20. The van der Waals surface area contributed by atoms with E-state index in [2.05, 4.69) is 35.8 Å². The third-order valence-corrected chi connectivity index (χ3v) is 4.31. The maximum absolute atomic E-state index is 6.08. The number of nitrogens with two attached hydrogens (primary N) is 1. The zero-order chi connectivity index (χ0) is 11.2. The van der Waals surface area contributed by atoms with Gasteiger partial charge in [0.1, 0.15) is 5.75 Å². The van der Waals surface area contributed by atoms with E-state index in [0.717, 1.165) is 10.2 Å². The highest BCUT2D eigenvalue weighted by Crippen LogP contribution is 2.59. The van der Waals surface area contributed by atoms with Crippen molar-refractivity contribution in [1.29, 1.82) is 0 Å². The first-order valence-electron chi connectivity index (χ1n) is 5.08. The second kappa shape index (κ2) is 3.49. The molecule has 82 valence electrons. The summed E-state index contributed by atoms with van der Waals surface area (Å²) in [7, 11) is 1.68. The highest BCUT2D eigenvalue weighted by molar-refractivity contribution is 9.10. The summed E-state index contributed by atoms with van der Waals surface area (Å²) in [6.07, 6.45) is 0. The Balaban J connectivity index is 2.39. The SMILES string of the molecule is COc1cccc([C@@H]2[C@@H](N)C2(C)C)c1Br. The molecule has 0 amide bonds. The average Bonchev–Trinajstić information content (AvgIpc) is 2.68. The standard InChI is InChI=1S/C12H16BrNO/c1-12(2)9(11(12)14)7-5-4-6-8(15-3)10(7)13/h4-6,9,11H,14H2,1-3H3/t9-,11-/m1/s1. The Morgan fingerprint density at radius 3 is 2.47 bits per heavy atom. The van der Waals surface area contributed by atoms with Crippen molar-refractivity contribution in [2.45, 2.75) is 25.8 Å². The Morgan fingerprint density at radius 1 is 1.40 bits per heavy atom. The summed E-state index contributed by atoms with van der Waals surface area (Å²) in [5.41, 5.74) is 7.53. The summed E-state index contributed by atoms with van der Waals surface area (Å²) in [6, 6.07) is 6.33. The van der Waals surface area contributed by atoms with Gasteiger partial charge in [-0.05, 0) is 33.0 Å². The minimum Gasteiger partial charge on any atom is -0.496 e. The van der Waals surface area contributed by atoms with Crippen molar-refractivity contribution in [3.63, 3.8) is 0 Å². The van der Waals surface area contributed by atoms with Crippen LogP contribution in [0.4, 0.5) is 0 Å². The Bertz CT molecular complexity index is 389. The molecular weight excluding hydrogens is 254 g/mol. The van der Waals surface area contributed by atoms with Gasteiger partial charge in [0.15, 0.2) is 0 Å². The van der Waals surface area contributed by atoms with Crippen LogP contribution < -0.4 is 10.5 Å². The molecule has 3 heteroatoms. The van der Waals surface area contributed by atoms with Crippen molar-refractivity contribution in [2.75, 3.05) is 7.11 Å². The van der Waals surface area contributed by atoms with E-state index >= 15 is 0 Å². The number of halogens is 1. The molecule has 1 aliphatic carbocycles. The summed E-state index contributed by atoms with van der Waals surface area (Å²) in [6.45, 7) is 4.41. The van der Waals surface area contributed by atoms with Gasteiger partial charge in [-0.1, -0.05) is 26.0 Å². The molecule has 0 radical (unpaired) electrons. The molecule has 0 spiro atoms. The summed E-state index contributed by atoms with van der Waals surface area (Å²) < 4.78 is 6.32. The predicted octanol–water partition coefficient (Wildman–Crippen LogP) is 2.91. The molecule has 0 aliphatic heterocycles. The molecular formula is C12H16BrNO. The van der Waals surface area contributed by atoms with Crippen LogP contribution in [0.15, 0.2) is 22.7 Å². The van der Waals surface area contributed by atoms with E-state index in [4.69, 9.17) is 10.5 Å². The highest BCUT2D eigenvalue weighted by atomic mass is 79.9. The Morgan fingerprint density at radius 2 is 2.00 bits per heavy atom. The summed E-state index contributed by atoms with van der Waals surface area (Å²) in [4.78, 5) is 0. The van der Waals surface area contributed by atoms with Gasteiger partial charge in [-0.25, -0.2) is 0 Å². The number of hydrogen-bond acceptors (Lipinski definition) is 2. The molecule has 2 atom stereocenters. The Labute approximate surface area is 98.9 Å². The molecule has 15 heavy (non-hydrogen) atoms. The van der Waals surface area contributed by atoms with E-state index in [1.54, 1.807) is 7.11 Å². The summed E-state index contributed by atoms with van der Waals surface area (Å²) in [5.74, 6) is 1.31. The Kier molecular flexibility index (Phi) is 2.55.